The number of rotatable bonds is 7. The van der Waals surface area contributed by atoms with E-state index in [1.165, 1.54) is 25.3 Å². The van der Waals surface area contributed by atoms with Crippen molar-refractivity contribution in [1.82, 2.24) is 0 Å². The van der Waals surface area contributed by atoms with Crippen molar-refractivity contribution >= 4 is 27.4 Å². The second kappa shape index (κ2) is 8.04. The maximum absolute atomic E-state index is 12.6. The maximum atomic E-state index is 12.6. The third-order valence-electron chi connectivity index (χ3n) is 3.38. The molecule has 0 fully saturated rings. The number of methoxy groups -OCH3 is 1. The highest BCUT2D eigenvalue weighted by molar-refractivity contribution is 7.92. The van der Waals surface area contributed by atoms with Gasteiger partial charge in [0, 0.05) is 12.1 Å². The summed E-state index contributed by atoms with van der Waals surface area (Å²) in [7, 11) is -2.71. The molecular weight excluding hydrogens is 376 g/mol. The van der Waals surface area contributed by atoms with Gasteiger partial charge in [0.05, 0.1) is 34.3 Å². The molecule has 0 saturated heterocycles. The fraction of sp³-hybridized carbons (Fsp3) is 0.235. The molecule has 0 aromatic heterocycles. The average molecular weight is 394 g/mol. The third kappa shape index (κ3) is 4.94. The third-order valence-corrected chi connectivity index (χ3v) is 4.76. The zero-order valence-electron chi connectivity index (χ0n) is 14.8. The minimum Gasteiger partial charge on any atom is -0.495 e. The summed E-state index contributed by atoms with van der Waals surface area (Å²) in [6, 6.07) is 8.59. The molecule has 0 spiro atoms. The predicted octanol–water partition coefficient (Wildman–Crippen LogP) is 2.97. The number of carbonyl (C=O) groups excluding carboxylic acids is 1. The molecule has 2 aromatic rings. The molecule has 10 heteroatoms. The zero-order valence-corrected chi connectivity index (χ0v) is 15.6. The molecule has 0 saturated carbocycles. The van der Waals surface area contributed by atoms with E-state index in [9.17, 15) is 23.3 Å². The lowest BCUT2D eigenvalue weighted by atomic mass is 10.2. The standard InChI is InChI=1S/C17H18N2O7S/c1-11(2)26-17(20)12-4-9-16(25-3)15(10-12)18-27(23,24)14-7-5-13(6-8-14)19(21)22/h4-11,18H,1-3H3. The van der Waals surface area contributed by atoms with Gasteiger partial charge in [-0.2, -0.15) is 0 Å². The van der Waals surface area contributed by atoms with Crippen LogP contribution in [-0.2, 0) is 14.8 Å². The number of benzene rings is 2. The summed E-state index contributed by atoms with van der Waals surface area (Å²) in [4.78, 5) is 21.9. The van der Waals surface area contributed by atoms with Gasteiger partial charge in [-0.1, -0.05) is 0 Å². The first-order valence-corrected chi connectivity index (χ1v) is 9.28. The molecule has 0 bridgehead atoms. The first-order valence-electron chi connectivity index (χ1n) is 7.80. The Labute approximate surface area is 156 Å². The molecule has 0 heterocycles. The largest absolute Gasteiger partial charge is 0.495 e. The van der Waals surface area contributed by atoms with Gasteiger partial charge in [0.1, 0.15) is 5.75 Å². The first-order chi connectivity index (χ1) is 12.6. The number of nitro groups is 1. The molecule has 9 nitrogen and oxygen atoms in total. The first kappa shape index (κ1) is 20.2. The van der Waals surface area contributed by atoms with Crippen molar-refractivity contribution in [3.8, 4) is 5.75 Å². The lowest BCUT2D eigenvalue weighted by Gasteiger charge is -2.14. The van der Waals surface area contributed by atoms with E-state index in [2.05, 4.69) is 4.72 Å². The summed E-state index contributed by atoms with van der Waals surface area (Å²) in [5, 5.41) is 10.7. The van der Waals surface area contributed by atoms with E-state index >= 15 is 0 Å². The molecule has 0 aliphatic heterocycles. The van der Waals surface area contributed by atoms with Crippen molar-refractivity contribution in [2.45, 2.75) is 24.8 Å². The average Bonchev–Trinajstić information content (AvgIpc) is 2.60. The summed E-state index contributed by atoms with van der Waals surface area (Å²) >= 11 is 0. The second-order valence-corrected chi connectivity index (χ2v) is 7.41. The Morgan fingerprint density at radius 2 is 1.78 bits per heavy atom. The van der Waals surface area contributed by atoms with Crippen LogP contribution in [0.2, 0.25) is 0 Å². The van der Waals surface area contributed by atoms with Crippen LogP contribution in [0.1, 0.15) is 24.2 Å². The van der Waals surface area contributed by atoms with Crippen LogP contribution in [0.25, 0.3) is 0 Å². The Kier molecular flexibility index (Phi) is 6.01. The molecule has 144 valence electrons. The van der Waals surface area contributed by atoms with Gasteiger partial charge in [0.2, 0.25) is 0 Å². The minimum absolute atomic E-state index is 0.0362. The number of nitrogens with one attached hydrogen (secondary N) is 1. The highest BCUT2D eigenvalue weighted by Gasteiger charge is 2.20. The van der Waals surface area contributed by atoms with Crippen LogP contribution < -0.4 is 9.46 Å². The number of nitrogens with zero attached hydrogens (tertiary/aromatic N) is 1. The number of nitro benzene ring substituents is 1. The molecule has 1 N–H and O–H groups in total. The lowest BCUT2D eigenvalue weighted by Crippen LogP contribution is -2.15. The van der Waals surface area contributed by atoms with Crippen LogP contribution in [0.4, 0.5) is 11.4 Å². The topological polar surface area (TPSA) is 125 Å². The smallest absolute Gasteiger partial charge is 0.338 e. The van der Waals surface area contributed by atoms with Gasteiger partial charge in [-0.05, 0) is 44.2 Å². The number of hydrogen-bond donors (Lipinski definition) is 1. The van der Waals surface area contributed by atoms with Gasteiger partial charge in [-0.3, -0.25) is 14.8 Å². The van der Waals surface area contributed by atoms with Gasteiger partial charge in [-0.25, -0.2) is 13.2 Å². The molecule has 0 unspecified atom stereocenters. The summed E-state index contributed by atoms with van der Waals surface area (Å²) in [6.07, 6.45) is -0.333. The number of anilines is 1. The molecule has 27 heavy (non-hydrogen) atoms. The Morgan fingerprint density at radius 1 is 1.15 bits per heavy atom. The SMILES string of the molecule is COc1ccc(C(=O)OC(C)C)cc1NS(=O)(=O)c1ccc([N+](=O)[O-])cc1. The van der Waals surface area contributed by atoms with Crippen LogP contribution in [-0.4, -0.2) is 32.5 Å². The summed E-state index contributed by atoms with van der Waals surface area (Å²) < 4.78 is 37.7. The monoisotopic (exact) mass is 394 g/mol. The van der Waals surface area contributed by atoms with E-state index in [1.54, 1.807) is 13.8 Å². The number of carbonyl (C=O) groups is 1. The highest BCUT2D eigenvalue weighted by atomic mass is 32.2. The lowest BCUT2D eigenvalue weighted by molar-refractivity contribution is -0.384. The van der Waals surface area contributed by atoms with Gasteiger partial charge in [0.25, 0.3) is 15.7 Å². The Bertz CT molecular complexity index is 954. The second-order valence-electron chi connectivity index (χ2n) is 5.73. The molecule has 0 amide bonds. The van der Waals surface area contributed by atoms with Crippen molar-refractivity contribution in [2.24, 2.45) is 0 Å². The van der Waals surface area contributed by atoms with E-state index < -0.39 is 20.9 Å². The highest BCUT2D eigenvalue weighted by Crippen LogP contribution is 2.29. The molecule has 0 aliphatic rings. The van der Waals surface area contributed by atoms with Crippen molar-refractivity contribution in [3.05, 3.63) is 58.1 Å². The number of hydrogen-bond acceptors (Lipinski definition) is 7. The molecule has 2 rings (SSSR count). The van der Waals surface area contributed by atoms with Crippen LogP contribution in [0, 0.1) is 10.1 Å². The quantitative estimate of drug-likeness (QED) is 0.435. The van der Waals surface area contributed by atoms with E-state index in [-0.39, 0.29) is 33.7 Å². The van der Waals surface area contributed by atoms with Crippen LogP contribution in [0.5, 0.6) is 5.75 Å². The molecule has 2 aromatic carbocycles. The number of ether oxygens (including phenoxy) is 2. The van der Waals surface area contributed by atoms with Crippen LogP contribution in [0.3, 0.4) is 0 Å². The fourth-order valence-corrected chi connectivity index (χ4v) is 3.21. The number of esters is 1. The normalized spacial score (nSPS) is 11.1. The van der Waals surface area contributed by atoms with Crippen LogP contribution >= 0.6 is 0 Å². The fourth-order valence-electron chi connectivity index (χ4n) is 2.15. The minimum atomic E-state index is -4.06. The van der Waals surface area contributed by atoms with E-state index in [1.807, 2.05) is 0 Å². The Hall–Kier alpha value is -3.14. The van der Waals surface area contributed by atoms with Gasteiger partial charge in [-0.15, -0.1) is 0 Å². The van der Waals surface area contributed by atoms with E-state index in [0.717, 1.165) is 24.3 Å². The summed E-state index contributed by atoms with van der Waals surface area (Å²) in [5.41, 5.74) is -0.0510. The number of non-ortho nitro benzene ring substituents is 1. The number of sulfonamides is 1. The van der Waals surface area contributed by atoms with Crippen molar-refractivity contribution in [1.29, 1.82) is 0 Å². The Morgan fingerprint density at radius 3 is 2.30 bits per heavy atom. The Balaban J connectivity index is 2.36. The van der Waals surface area contributed by atoms with E-state index in [0.29, 0.717) is 0 Å². The van der Waals surface area contributed by atoms with E-state index in [4.69, 9.17) is 9.47 Å². The van der Waals surface area contributed by atoms with Crippen molar-refractivity contribution in [2.75, 3.05) is 11.8 Å². The van der Waals surface area contributed by atoms with Gasteiger partial charge in [0.15, 0.2) is 0 Å². The predicted molar refractivity (Wildman–Crippen MR) is 97.5 cm³/mol. The van der Waals surface area contributed by atoms with Crippen LogP contribution in [0.15, 0.2) is 47.4 Å². The maximum Gasteiger partial charge on any atom is 0.338 e. The zero-order chi connectivity index (χ0) is 20.2. The van der Waals surface area contributed by atoms with Gasteiger partial charge >= 0.3 is 5.97 Å². The van der Waals surface area contributed by atoms with Crippen molar-refractivity contribution in [3.63, 3.8) is 0 Å². The molecule has 0 aliphatic carbocycles. The summed E-state index contributed by atoms with van der Waals surface area (Å²) in [5.74, 6) is -0.412. The summed E-state index contributed by atoms with van der Waals surface area (Å²) in [6.45, 7) is 3.39. The molecule has 0 radical (unpaired) electrons. The molecular formula is C17H18N2O7S. The molecule has 0 atom stereocenters. The van der Waals surface area contributed by atoms with Gasteiger partial charge < -0.3 is 9.47 Å². The van der Waals surface area contributed by atoms with Crippen molar-refractivity contribution < 1.29 is 27.6 Å².